The van der Waals surface area contributed by atoms with E-state index in [1.807, 2.05) is 0 Å². The number of aromatic nitrogens is 3. The first kappa shape index (κ1) is 15.3. The van der Waals surface area contributed by atoms with Gasteiger partial charge in [0, 0.05) is 6.20 Å². The highest BCUT2D eigenvalue weighted by Gasteiger charge is 2.34. The number of benzene rings is 1. The molecule has 3 aromatic rings. The van der Waals surface area contributed by atoms with Crippen molar-refractivity contribution >= 4 is 21.2 Å². The Labute approximate surface area is 128 Å². The van der Waals surface area contributed by atoms with Gasteiger partial charge < -0.3 is 4.74 Å². The van der Waals surface area contributed by atoms with Crippen molar-refractivity contribution in [3.63, 3.8) is 0 Å². The monoisotopic (exact) mass is 343 g/mol. The van der Waals surface area contributed by atoms with Crippen LogP contribution < -0.4 is 4.74 Å². The van der Waals surface area contributed by atoms with Gasteiger partial charge in [0.25, 0.3) is 10.0 Å². The average Bonchev–Trinajstić information content (AvgIpc) is 2.90. The maximum Gasteiger partial charge on any atom is 0.573 e. The number of nitrogens with zero attached hydrogens (tertiary/aromatic N) is 3. The Morgan fingerprint density at radius 3 is 2.52 bits per heavy atom. The lowest BCUT2D eigenvalue weighted by atomic mass is 10.3. The molecule has 0 N–H and O–H groups in total. The van der Waals surface area contributed by atoms with E-state index in [9.17, 15) is 21.6 Å². The second kappa shape index (κ2) is 5.23. The molecule has 0 aliphatic heterocycles. The zero-order valence-electron chi connectivity index (χ0n) is 11.2. The number of para-hydroxylation sites is 1. The molecular formula is C13H8F3N3O3S. The van der Waals surface area contributed by atoms with Gasteiger partial charge in [-0.2, -0.15) is 0 Å². The van der Waals surface area contributed by atoms with Crippen LogP contribution in [-0.4, -0.2) is 28.7 Å². The Balaban J connectivity index is 2.18. The molecule has 0 aliphatic rings. The van der Waals surface area contributed by atoms with E-state index >= 15 is 0 Å². The first-order chi connectivity index (χ1) is 10.8. The summed E-state index contributed by atoms with van der Waals surface area (Å²) in [6.45, 7) is 0. The predicted molar refractivity (Wildman–Crippen MR) is 73.2 cm³/mol. The molecule has 0 amide bonds. The number of halogens is 3. The molecule has 3 rings (SSSR count). The first-order valence-corrected chi connectivity index (χ1v) is 7.61. The molecule has 0 unspecified atom stereocenters. The van der Waals surface area contributed by atoms with Crippen LogP contribution >= 0.6 is 0 Å². The molecule has 23 heavy (non-hydrogen) atoms. The van der Waals surface area contributed by atoms with E-state index in [0.717, 1.165) is 22.4 Å². The summed E-state index contributed by atoms with van der Waals surface area (Å²) in [5.74, 6) is -0.814. The molecule has 0 atom stereocenters. The third-order valence-electron chi connectivity index (χ3n) is 2.90. The Morgan fingerprint density at radius 2 is 1.78 bits per heavy atom. The van der Waals surface area contributed by atoms with Crippen LogP contribution in [0, 0.1) is 0 Å². The summed E-state index contributed by atoms with van der Waals surface area (Å²) in [7, 11) is -4.34. The molecule has 0 bridgehead atoms. The molecule has 2 heterocycles. The van der Waals surface area contributed by atoms with E-state index in [1.54, 1.807) is 0 Å². The standard InChI is InChI=1S/C13H8F3N3O3S/c14-13(15,16)22-10-5-1-2-6-11(10)23(20,21)19-8-18-12-9(19)4-3-7-17-12/h1-8H. The summed E-state index contributed by atoms with van der Waals surface area (Å²) in [5, 5.41) is 0. The van der Waals surface area contributed by atoms with Crippen molar-refractivity contribution in [1.82, 2.24) is 13.9 Å². The Morgan fingerprint density at radius 1 is 1.04 bits per heavy atom. The predicted octanol–water partition coefficient (Wildman–Crippen LogP) is 2.57. The maximum atomic E-state index is 12.7. The fourth-order valence-electron chi connectivity index (χ4n) is 2.00. The number of imidazole rings is 1. The highest BCUT2D eigenvalue weighted by molar-refractivity contribution is 7.90. The van der Waals surface area contributed by atoms with Gasteiger partial charge in [-0.1, -0.05) is 12.1 Å². The SMILES string of the molecule is O=S(=O)(c1ccccc1OC(F)(F)F)n1cnc2ncccc21. The molecule has 10 heteroatoms. The molecule has 1 aromatic carbocycles. The minimum Gasteiger partial charge on any atom is -0.404 e. The van der Waals surface area contributed by atoms with E-state index in [2.05, 4.69) is 14.7 Å². The van der Waals surface area contributed by atoms with Gasteiger partial charge in [0.05, 0.1) is 0 Å². The number of ether oxygens (including phenoxy) is 1. The quantitative estimate of drug-likeness (QED) is 0.731. The second-order valence-corrected chi connectivity index (χ2v) is 6.17. The fourth-order valence-corrected chi connectivity index (χ4v) is 3.40. The number of fused-ring (bicyclic) bond motifs is 1. The molecule has 6 nitrogen and oxygen atoms in total. The van der Waals surface area contributed by atoms with Crippen molar-refractivity contribution in [3.05, 3.63) is 48.9 Å². The molecule has 0 fully saturated rings. The summed E-state index contributed by atoms with van der Waals surface area (Å²) >= 11 is 0. The van der Waals surface area contributed by atoms with Crippen LogP contribution in [0.25, 0.3) is 11.2 Å². The van der Waals surface area contributed by atoms with Crippen LogP contribution in [0.3, 0.4) is 0 Å². The van der Waals surface area contributed by atoms with Crippen molar-refractivity contribution < 1.29 is 26.3 Å². The smallest absolute Gasteiger partial charge is 0.404 e. The molecule has 0 aliphatic carbocycles. The number of rotatable bonds is 3. The van der Waals surface area contributed by atoms with E-state index in [1.165, 1.54) is 30.5 Å². The summed E-state index contributed by atoms with van der Waals surface area (Å²) in [5.41, 5.74) is 0.305. The first-order valence-electron chi connectivity index (χ1n) is 6.17. The van der Waals surface area contributed by atoms with E-state index in [4.69, 9.17) is 0 Å². The van der Waals surface area contributed by atoms with E-state index < -0.39 is 27.0 Å². The molecule has 0 spiro atoms. The van der Waals surface area contributed by atoms with Gasteiger partial charge in [-0.3, -0.25) is 0 Å². The van der Waals surface area contributed by atoms with Crippen molar-refractivity contribution in [1.29, 1.82) is 0 Å². The topological polar surface area (TPSA) is 74.1 Å². The van der Waals surface area contributed by atoms with Crippen LogP contribution in [0.15, 0.2) is 53.8 Å². The largest absolute Gasteiger partial charge is 0.573 e. The van der Waals surface area contributed by atoms with Crippen molar-refractivity contribution in [2.75, 3.05) is 0 Å². The van der Waals surface area contributed by atoms with Crippen LogP contribution in [0.1, 0.15) is 0 Å². The Hall–Kier alpha value is -2.62. The normalized spacial score (nSPS) is 12.5. The fraction of sp³-hybridized carbons (Fsp3) is 0.0769. The third-order valence-corrected chi connectivity index (χ3v) is 4.60. The van der Waals surface area contributed by atoms with Gasteiger partial charge in [-0.25, -0.2) is 22.4 Å². The van der Waals surface area contributed by atoms with Crippen LogP contribution in [0.5, 0.6) is 5.75 Å². The highest BCUT2D eigenvalue weighted by Crippen LogP contribution is 2.31. The number of hydrogen-bond donors (Lipinski definition) is 0. The van der Waals surface area contributed by atoms with Crippen molar-refractivity contribution in [2.24, 2.45) is 0 Å². The third kappa shape index (κ3) is 2.84. The van der Waals surface area contributed by atoms with Gasteiger partial charge in [0.1, 0.15) is 22.5 Å². The van der Waals surface area contributed by atoms with Crippen LogP contribution in [-0.2, 0) is 10.0 Å². The minimum atomic E-state index is -5.01. The highest BCUT2D eigenvalue weighted by atomic mass is 32.2. The number of pyridine rings is 1. The molecule has 120 valence electrons. The Kier molecular flexibility index (Phi) is 3.48. The molecule has 2 aromatic heterocycles. The van der Waals surface area contributed by atoms with Gasteiger partial charge in [0.2, 0.25) is 0 Å². The van der Waals surface area contributed by atoms with Gasteiger partial charge in [-0.15, -0.1) is 13.2 Å². The van der Waals surface area contributed by atoms with Gasteiger partial charge in [-0.05, 0) is 24.3 Å². The molecule has 0 saturated heterocycles. The number of hydrogen-bond acceptors (Lipinski definition) is 5. The minimum absolute atomic E-state index is 0.148. The molecular weight excluding hydrogens is 335 g/mol. The molecule has 0 saturated carbocycles. The van der Waals surface area contributed by atoms with Crippen molar-refractivity contribution in [3.8, 4) is 5.75 Å². The molecule has 0 radical (unpaired) electrons. The zero-order chi connectivity index (χ0) is 16.7. The van der Waals surface area contributed by atoms with E-state index in [0.29, 0.717) is 0 Å². The van der Waals surface area contributed by atoms with Crippen LogP contribution in [0.2, 0.25) is 0 Å². The number of alkyl halides is 3. The lowest BCUT2D eigenvalue weighted by Crippen LogP contribution is -2.20. The average molecular weight is 343 g/mol. The zero-order valence-corrected chi connectivity index (χ0v) is 12.0. The lowest BCUT2D eigenvalue weighted by Gasteiger charge is -2.13. The second-order valence-electron chi connectivity index (χ2n) is 4.39. The van der Waals surface area contributed by atoms with Crippen molar-refractivity contribution in [2.45, 2.75) is 11.3 Å². The summed E-state index contributed by atoms with van der Waals surface area (Å²) < 4.78 is 67.3. The lowest BCUT2D eigenvalue weighted by molar-refractivity contribution is -0.275. The van der Waals surface area contributed by atoms with Gasteiger partial charge >= 0.3 is 6.36 Å². The Bertz CT molecular complexity index is 967. The van der Waals surface area contributed by atoms with Gasteiger partial charge in [0.15, 0.2) is 5.65 Å². The maximum absolute atomic E-state index is 12.7. The summed E-state index contributed by atoms with van der Waals surface area (Å²) in [4.78, 5) is 7.08. The summed E-state index contributed by atoms with van der Waals surface area (Å²) in [6, 6.07) is 7.44. The summed E-state index contributed by atoms with van der Waals surface area (Å²) in [6.07, 6.45) is -2.60. The van der Waals surface area contributed by atoms with Crippen LogP contribution in [0.4, 0.5) is 13.2 Å². The van der Waals surface area contributed by atoms with E-state index in [-0.39, 0.29) is 11.2 Å².